The average Bonchev–Trinajstić information content (AvgIpc) is 2.94. The van der Waals surface area contributed by atoms with E-state index in [0.29, 0.717) is 5.92 Å². The van der Waals surface area contributed by atoms with Crippen molar-refractivity contribution in [2.24, 2.45) is 5.73 Å². The van der Waals surface area contributed by atoms with E-state index in [4.69, 9.17) is 5.73 Å². The number of carbonyl (C=O) groups is 1. The van der Waals surface area contributed by atoms with Crippen LogP contribution in [0.3, 0.4) is 0 Å². The molecule has 1 atom stereocenters. The SMILES string of the molecule is CN(C)CCCn1ccnc1[C@H]1CCCN(C(=O)C(C)(C)N)C1. The van der Waals surface area contributed by atoms with Crippen LogP contribution in [0.25, 0.3) is 0 Å². The Morgan fingerprint density at radius 1 is 1.48 bits per heavy atom. The van der Waals surface area contributed by atoms with Crippen molar-refractivity contribution in [2.45, 2.75) is 51.1 Å². The van der Waals surface area contributed by atoms with E-state index in [2.05, 4.69) is 34.7 Å². The van der Waals surface area contributed by atoms with Gasteiger partial charge in [0, 0.05) is 37.9 Å². The van der Waals surface area contributed by atoms with Crippen molar-refractivity contribution >= 4 is 5.91 Å². The Labute approximate surface area is 139 Å². The number of nitrogens with zero attached hydrogens (tertiary/aromatic N) is 4. The van der Waals surface area contributed by atoms with Crippen LogP contribution in [0.2, 0.25) is 0 Å². The summed E-state index contributed by atoms with van der Waals surface area (Å²) in [6, 6.07) is 0. The van der Waals surface area contributed by atoms with Crippen molar-refractivity contribution in [1.82, 2.24) is 19.4 Å². The minimum absolute atomic E-state index is 0.0351. The van der Waals surface area contributed by atoms with E-state index in [1.54, 1.807) is 13.8 Å². The molecule has 2 heterocycles. The molecule has 0 radical (unpaired) electrons. The van der Waals surface area contributed by atoms with Crippen molar-refractivity contribution in [2.75, 3.05) is 33.7 Å². The lowest BCUT2D eigenvalue weighted by Crippen LogP contribution is -2.53. The van der Waals surface area contributed by atoms with Gasteiger partial charge in [-0.1, -0.05) is 0 Å². The second-order valence-corrected chi connectivity index (χ2v) is 7.45. The van der Waals surface area contributed by atoms with Crippen molar-refractivity contribution in [3.05, 3.63) is 18.2 Å². The zero-order chi connectivity index (χ0) is 17.0. The molecule has 2 rings (SSSR count). The molecule has 130 valence electrons. The van der Waals surface area contributed by atoms with E-state index in [1.165, 1.54) is 0 Å². The fourth-order valence-corrected chi connectivity index (χ4v) is 3.21. The van der Waals surface area contributed by atoms with Gasteiger partial charge in [-0.05, 0) is 53.8 Å². The summed E-state index contributed by atoms with van der Waals surface area (Å²) >= 11 is 0. The van der Waals surface area contributed by atoms with Gasteiger partial charge in [0.05, 0.1) is 5.54 Å². The minimum Gasteiger partial charge on any atom is -0.340 e. The molecule has 1 saturated heterocycles. The number of nitrogens with two attached hydrogens (primary N) is 1. The fraction of sp³-hybridized carbons (Fsp3) is 0.765. The van der Waals surface area contributed by atoms with Crippen molar-refractivity contribution in [1.29, 1.82) is 0 Å². The van der Waals surface area contributed by atoms with Crippen LogP contribution in [-0.4, -0.2) is 64.5 Å². The molecular formula is C17H31N5O. The van der Waals surface area contributed by atoms with Crippen LogP contribution in [0.1, 0.15) is 44.9 Å². The van der Waals surface area contributed by atoms with Gasteiger partial charge in [-0.15, -0.1) is 0 Å². The van der Waals surface area contributed by atoms with Crippen LogP contribution in [0.5, 0.6) is 0 Å². The maximum atomic E-state index is 12.4. The predicted octanol–water partition coefficient (Wildman–Crippen LogP) is 1.28. The Morgan fingerprint density at radius 3 is 2.87 bits per heavy atom. The predicted molar refractivity (Wildman–Crippen MR) is 92.2 cm³/mol. The molecule has 1 amide bonds. The molecule has 23 heavy (non-hydrogen) atoms. The Bertz CT molecular complexity index is 517. The summed E-state index contributed by atoms with van der Waals surface area (Å²) in [5.41, 5.74) is 5.18. The van der Waals surface area contributed by atoms with Gasteiger partial charge in [-0.2, -0.15) is 0 Å². The molecule has 0 saturated carbocycles. The molecule has 1 aromatic heterocycles. The third-order valence-electron chi connectivity index (χ3n) is 4.38. The number of carbonyl (C=O) groups excluding carboxylic acids is 1. The summed E-state index contributed by atoms with van der Waals surface area (Å²) in [5, 5.41) is 0. The van der Waals surface area contributed by atoms with Gasteiger partial charge in [-0.3, -0.25) is 4.79 Å². The summed E-state index contributed by atoms with van der Waals surface area (Å²) in [6.07, 6.45) is 7.12. The molecule has 6 heteroatoms. The Kier molecular flexibility index (Phi) is 5.81. The fourth-order valence-electron chi connectivity index (χ4n) is 3.21. The van der Waals surface area contributed by atoms with E-state index in [1.807, 2.05) is 11.1 Å². The van der Waals surface area contributed by atoms with Crippen LogP contribution in [0, 0.1) is 0 Å². The molecule has 0 unspecified atom stereocenters. The number of likely N-dealkylation sites (tertiary alicyclic amines) is 1. The first-order valence-electron chi connectivity index (χ1n) is 8.53. The summed E-state index contributed by atoms with van der Waals surface area (Å²) in [4.78, 5) is 21.1. The molecule has 0 bridgehead atoms. The highest BCUT2D eigenvalue weighted by Gasteiger charge is 2.33. The third-order valence-corrected chi connectivity index (χ3v) is 4.38. The highest BCUT2D eigenvalue weighted by molar-refractivity contribution is 5.85. The lowest BCUT2D eigenvalue weighted by Gasteiger charge is -2.36. The lowest BCUT2D eigenvalue weighted by atomic mass is 9.94. The van der Waals surface area contributed by atoms with Gasteiger partial charge >= 0.3 is 0 Å². The first kappa shape index (κ1) is 17.9. The summed E-state index contributed by atoms with van der Waals surface area (Å²) < 4.78 is 2.25. The van der Waals surface area contributed by atoms with Crippen LogP contribution in [-0.2, 0) is 11.3 Å². The highest BCUT2D eigenvalue weighted by atomic mass is 16.2. The average molecular weight is 321 g/mol. The lowest BCUT2D eigenvalue weighted by molar-refractivity contribution is -0.137. The molecular weight excluding hydrogens is 290 g/mol. The van der Waals surface area contributed by atoms with Crippen LogP contribution in [0.15, 0.2) is 12.4 Å². The molecule has 2 N–H and O–H groups in total. The zero-order valence-electron chi connectivity index (χ0n) is 15.0. The number of aryl methyl sites for hydroxylation is 1. The topological polar surface area (TPSA) is 67.4 Å². The standard InChI is InChI=1S/C17H31N5O/c1-17(2,18)16(23)22-10-5-7-14(13-22)15-19-8-12-21(15)11-6-9-20(3)4/h8,12,14H,5-7,9-11,13,18H2,1-4H3/t14-/m0/s1. The summed E-state index contributed by atoms with van der Waals surface area (Å²) in [6.45, 7) is 7.12. The van der Waals surface area contributed by atoms with E-state index in [0.717, 1.165) is 51.3 Å². The van der Waals surface area contributed by atoms with E-state index in [9.17, 15) is 4.79 Å². The molecule has 1 fully saturated rings. The molecule has 0 aliphatic carbocycles. The second-order valence-electron chi connectivity index (χ2n) is 7.45. The number of amides is 1. The number of hydrogen-bond donors (Lipinski definition) is 1. The number of aromatic nitrogens is 2. The van der Waals surface area contributed by atoms with Gasteiger partial charge in [0.25, 0.3) is 0 Å². The third kappa shape index (κ3) is 4.78. The van der Waals surface area contributed by atoms with Gasteiger partial charge in [-0.25, -0.2) is 4.98 Å². The monoisotopic (exact) mass is 321 g/mol. The number of hydrogen-bond acceptors (Lipinski definition) is 4. The first-order chi connectivity index (χ1) is 10.8. The number of imidazole rings is 1. The number of piperidine rings is 1. The van der Waals surface area contributed by atoms with Gasteiger partial charge in [0.1, 0.15) is 5.82 Å². The molecule has 6 nitrogen and oxygen atoms in total. The van der Waals surface area contributed by atoms with Crippen LogP contribution in [0.4, 0.5) is 0 Å². The molecule has 1 aromatic rings. The molecule has 1 aliphatic rings. The van der Waals surface area contributed by atoms with Crippen molar-refractivity contribution in [3.63, 3.8) is 0 Å². The van der Waals surface area contributed by atoms with Gasteiger partial charge < -0.3 is 20.1 Å². The van der Waals surface area contributed by atoms with Gasteiger partial charge in [0.15, 0.2) is 0 Å². The normalized spacial score (nSPS) is 19.4. The Balaban J connectivity index is 2.02. The molecule has 0 spiro atoms. The zero-order valence-corrected chi connectivity index (χ0v) is 15.0. The highest BCUT2D eigenvalue weighted by Crippen LogP contribution is 2.27. The maximum absolute atomic E-state index is 12.4. The second kappa shape index (κ2) is 7.45. The van der Waals surface area contributed by atoms with E-state index < -0.39 is 5.54 Å². The summed E-state index contributed by atoms with van der Waals surface area (Å²) in [5.74, 6) is 1.45. The van der Waals surface area contributed by atoms with Crippen molar-refractivity contribution in [3.8, 4) is 0 Å². The first-order valence-corrected chi connectivity index (χ1v) is 8.53. The quantitative estimate of drug-likeness (QED) is 0.857. The smallest absolute Gasteiger partial charge is 0.242 e. The van der Waals surface area contributed by atoms with Crippen LogP contribution < -0.4 is 5.73 Å². The maximum Gasteiger partial charge on any atom is 0.242 e. The molecule has 0 aromatic carbocycles. The Morgan fingerprint density at radius 2 is 2.22 bits per heavy atom. The number of rotatable bonds is 6. The molecule has 1 aliphatic heterocycles. The largest absolute Gasteiger partial charge is 0.340 e. The Hall–Kier alpha value is -1.40. The van der Waals surface area contributed by atoms with Crippen LogP contribution >= 0.6 is 0 Å². The minimum atomic E-state index is -0.803. The van der Waals surface area contributed by atoms with Crippen molar-refractivity contribution < 1.29 is 4.79 Å². The van der Waals surface area contributed by atoms with E-state index >= 15 is 0 Å². The van der Waals surface area contributed by atoms with E-state index in [-0.39, 0.29) is 5.91 Å². The van der Waals surface area contributed by atoms with Gasteiger partial charge in [0.2, 0.25) is 5.91 Å². The summed E-state index contributed by atoms with van der Waals surface area (Å²) in [7, 11) is 4.18.